The van der Waals surface area contributed by atoms with Gasteiger partial charge in [-0.1, -0.05) is 30.1 Å². The molecule has 0 bridgehead atoms. The molecule has 0 fully saturated rings. The lowest BCUT2D eigenvalue weighted by molar-refractivity contribution is -0.119. The molecule has 0 aliphatic rings. The minimum Gasteiger partial charge on any atom is -0.452 e. The topological polar surface area (TPSA) is 114 Å². The SMILES string of the molecule is CCC(C)NS(=O)(=O)c1ccc(C(=O)OCC(=O)Nc2ncc(Cl)c(C)c2Cl)cc1. The fraction of sp³-hybridized carbons (Fsp3) is 0.316. The van der Waals surface area contributed by atoms with Gasteiger partial charge in [0.05, 0.1) is 20.5 Å². The molecular formula is C19H21Cl2N3O5S. The van der Waals surface area contributed by atoms with Gasteiger partial charge in [0.1, 0.15) is 0 Å². The van der Waals surface area contributed by atoms with Crippen molar-refractivity contribution in [2.75, 3.05) is 11.9 Å². The van der Waals surface area contributed by atoms with Crippen molar-refractivity contribution in [3.63, 3.8) is 0 Å². The molecule has 1 aromatic heterocycles. The lowest BCUT2D eigenvalue weighted by atomic mass is 10.2. The van der Waals surface area contributed by atoms with Gasteiger partial charge in [0.2, 0.25) is 10.0 Å². The summed E-state index contributed by atoms with van der Waals surface area (Å²) < 4.78 is 32.0. The maximum atomic E-state index is 12.2. The summed E-state index contributed by atoms with van der Waals surface area (Å²) in [5.41, 5.74) is 0.655. The number of amides is 1. The zero-order valence-corrected chi connectivity index (χ0v) is 18.9. The van der Waals surface area contributed by atoms with E-state index in [4.69, 9.17) is 27.9 Å². The third kappa shape index (κ3) is 6.15. The number of hydrogen-bond donors (Lipinski definition) is 2. The Morgan fingerprint density at radius 2 is 1.83 bits per heavy atom. The van der Waals surface area contributed by atoms with Crippen LogP contribution in [0.5, 0.6) is 0 Å². The molecule has 0 radical (unpaired) electrons. The lowest BCUT2D eigenvalue weighted by Crippen LogP contribution is -2.32. The van der Waals surface area contributed by atoms with Crippen LogP contribution >= 0.6 is 23.2 Å². The van der Waals surface area contributed by atoms with Crippen molar-refractivity contribution >= 4 is 50.9 Å². The smallest absolute Gasteiger partial charge is 0.338 e. The predicted molar refractivity (Wildman–Crippen MR) is 114 cm³/mol. The van der Waals surface area contributed by atoms with Gasteiger partial charge in [0.25, 0.3) is 5.91 Å². The molecule has 0 saturated heterocycles. The number of anilines is 1. The summed E-state index contributed by atoms with van der Waals surface area (Å²) in [6.45, 7) is 4.71. The first-order valence-corrected chi connectivity index (χ1v) is 11.2. The number of aromatic nitrogens is 1. The molecule has 8 nitrogen and oxygen atoms in total. The first-order valence-electron chi connectivity index (χ1n) is 8.95. The maximum Gasteiger partial charge on any atom is 0.338 e. The molecule has 1 heterocycles. The number of carbonyl (C=O) groups excluding carboxylic acids is 2. The number of nitrogens with one attached hydrogen (secondary N) is 2. The normalized spacial score (nSPS) is 12.3. The van der Waals surface area contributed by atoms with Gasteiger partial charge in [0, 0.05) is 12.2 Å². The molecule has 162 valence electrons. The molecular weight excluding hydrogens is 453 g/mol. The van der Waals surface area contributed by atoms with Gasteiger partial charge < -0.3 is 10.1 Å². The highest BCUT2D eigenvalue weighted by molar-refractivity contribution is 7.89. The Kier molecular flexibility index (Phi) is 8.19. The molecule has 1 atom stereocenters. The number of sulfonamides is 1. The average Bonchev–Trinajstić information content (AvgIpc) is 2.72. The van der Waals surface area contributed by atoms with Crippen molar-refractivity contribution in [3.8, 4) is 0 Å². The van der Waals surface area contributed by atoms with Crippen molar-refractivity contribution in [1.29, 1.82) is 0 Å². The molecule has 0 aliphatic carbocycles. The van der Waals surface area contributed by atoms with E-state index in [1.807, 2.05) is 6.92 Å². The Labute approximate surface area is 185 Å². The van der Waals surface area contributed by atoms with Crippen LogP contribution in [0.4, 0.5) is 5.82 Å². The van der Waals surface area contributed by atoms with E-state index in [0.717, 1.165) is 0 Å². The Morgan fingerprint density at radius 1 is 1.20 bits per heavy atom. The van der Waals surface area contributed by atoms with Crippen LogP contribution in [-0.4, -0.2) is 37.9 Å². The van der Waals surface area contributed by atoms with Gasteiger partial charge in [-0.25, -0.2) is 22.9 Å². The van der Waals surface area contributed by atoms with Crippen LogP contribution < -0.4 is 10.0 Å². The largest absolute Gasteiger partial charge is 0.452 e. The van der Waals surface area contributed by atoms with Crippen molar-refractivity contribution in [3.05, 3.63) is 51.6 Å². The van der Waals surface area contributed by atoms with Gasteiger partial charge in [0.15, 0.2) is 12.4 Å². The Balaban J connectivity index is 1.97. The highest BCUT2D eigenvalue weighted by atomic mass is 35.5. The summed E-state index contributed by atoms with van der Waals surface area (Å²) in [6.07, 6.45) is 1.98. The number of pyridine rings is 1. The van der Waals surface area contributed by atoms with Crippen LogP contribution in [0.2, 0.25) is 10.0 Å². The fourth-order valence-corrected chi connectivity index (χ4v) is 3.93. The number of rotatable bonds is 8. The van der Waals surface area contributed by atoms with Crippen LogP contribution in [0.15, 0.2) is 35.4 Å². The number of halogens is 2. The first-order chi connectivity index (χ1) is 14.0. The second-order valence-electron chi connectivity index (χ2n) is 6.47. The number of esters is 1. The number of hydrogen-bond acceptors (Lipinski definition) is 6. The quantitative estimate of drug-likeness (QED) is 0.566. The zero-order chi connectivity index (χ0) is 22.5. The second kappa shape index (κ2) is 10.2. The van der Waals surface area contributed by atoms with Crippen LogP contribution in [0.25, 0.3) is 0 Å². The molecule has 2 rings (SSSR count). The maximum absolute atomic E-state index is 12.2. The molecule has 1 unspecified atom stereocenters. The summed E-state index contributed by atoms with van der Waals surface area (Å²) in [5.74, 6) is -1.32. The van der Waals surface area contributed by atoms with E-state index in [2.05, 4.69) is 15.0 Å². The van der Waals surface area contributed by atoms with E-state index < -0.39 is 28.5 Å². The molecule has 0 aliphatic heterocycles. The van der Waals surface area contributed by atoms with Gasteiger partial charge >= 0.3 is 5.97 Å². The third-order valence-electron chi connectivity index (χ3n) is 4.16. The highest BCUT2D eigenvalue weighted by Crippen LogP contribution is 2.28. The van der Waals surface area contributed by atoms with Gasteiger partial charge in [-0.15, -0.1) is 0 Å². The summed E-state index contributed by atoms with van der Waals surface area (Å²) in [4.78, 5) is 28.1. The molecule has 2 aromatic rings. The van der Waals surface area contributed by atoms with E-state index in [-0.39, 0.29) is 27.3 Å². The van der Waals surface area contributed by atoms with E-state index in [0.29, 0.717) is 17.0 Å². The summed E-state index contributed by atoms with van der Waals surface area (Å²) in [5, 5.41) is 2.97. The Hall–Kier alpha value is -2.20. The minimum absolute atomic E-state index is 0.0240. The highest BCUT2D eigenvalue weighted by Gasteiger charge is 2.18. The zero-order valence-electron chi connectivity index (χ0n) is 16.5. The molecule has 0 spiro atoms. The second-order valence-corrected chi connectivity index (χ2v) is 8.97. The van der Waals surface area contributed by atoms with E-state index in [1.165, 1.54) is 30.5 Å². The van der Waals surface area contributed by atoms with Crippen LogP contribution in [0, 0.1) is 6.92 Å². The first kappa shape index (κ1) is 24.1. The molecule has 1 aromatic carbocycles. The Morgan fingerprint density at radius 3 is 2.43 bits per heavy atom. The monoisotopic (exact) mass is 473 g/mol. The number of carbonyl (C=O) groups is 2. The van der Waals surface area contributed by atoms with Crippen molar-refractivity contribution in [2.24, 2.45) is 0 Å². The van der Waals surface area contributed by atoms with E-state index in [1.54, 1.807) is 13.8 Å². The Bertz CT molecular complexity index is 1040. The van der Waals surface area contributed by atoms with Crippen molar-refractivity contribution < 1.29 is 22.7 Å². The van der Waals surface area contributed by atoms with Gasteiger partial charge in [-0.05, 0) is 50.1 Å². The van der Waals surface area contributed by atoms with Gasteiger partial charge in [-0.3, -0.25) is 4.79 Å². The third-order valence-corrected chi connectivity index (χ3v) is 6.61. The van der Waals surface area contributed by atoms with Crippen LogP contribution in [-0.2, 0) is 19.6 Å². The number of nitrogens with zero attached hydrogens (tertiary/aromatic N) is 1. The van der Waals surface area contributed by atoms with Crippen LogP contribution in [0.1, 0.15) is 36.2 Å². The summed E-state index contributed by atoms with van der Waals surface area (Å²) >= 11 is 12.0. The number of ether oxygens (including phenoxy) is 1. The fourth-order valence-electron chi connectivity index (χ4n) is 2.21. The van der Waals surface area contributed by atoms with Gasteiger partial charge in [-0.2, -0.15) is 0 Å². The van der Waals surface area contributed by atoms with E-state index in [9.17, 15) is 18.0 Å². The molecule has 2 N–H and O–H groups in total. The van der Waals surface area contributed by atoms with Crippen molar-refractivity contribution in [1.82, 2.24) is 9.71 Å². The molecule has 11 heteroatoms. The molecule has 1 amide bonds. The summed E-state index contributed by atoms with van der Waals surface area (Å²) in [6, 6.07) is 4.99. The van der Waals surface area contributed by atoms with Crippen molar-refractivity contribution in [2.45, 2.75) is 38.1 Å². The lowest BCUT2D eigenvalue weighted by Gasteiger charge is -2.12. The minimum atomic E-state index is -3.68. The predicted octanol–water partition coefficient (Wildman–Crippen LogP) is 3.57. The summed E-state index contributed by atoms with van der Waals surface area (Å²) in [7, 11) is -3.68. The van der Waals surface area contributed by atoms with E-state index >= 15 is 0 Å². The van der Waals surface area contributed by atoms with Crippen LogP contribution in [0.3, 0.4) is 0 Å². The molecule has 0 saturated carbocycles. The standard InChI is InChI=1S/C19H21Cl2N3O5S/c1-4-11(2)24-30(27,28)14-7-5-13(6-8-14)19(26)29-10-16(25)23-18-17(21)12(3)15(20)9-22-18/h5-9,11,24H,4,10H2,1-3H3,(H,22,23,25). The average molecular weight is 474 g/mol. The number of benzene rings is 1. The molecule has 30 heavy (non-hydrogen) atoms.